The Hall–Kier alpha value is -0.850. The molecule has 2 aliphatic heterocycles. The van der Waals surface area contributed by atoms with E-state index in [0.29, 0.717) is 0 Å². The summed E-state index contributed by atoms with van der Waals surface area (Å²) in [6, 6.07) is 0. The van der Waals surface area contributed by atoms with Crippen molar-refractivity contribution in [1.82, 2.24) is 0 Å². The summed E-state index contributed by atoms with van der Waals surface area (Å²) in [5.41, 5.74) is 8.16. The summed E-state index contributed by atoms with van der Waals surface area (Å²) in [5.74, 6) is -0.736. The maximum Gasteiger partial charge on any atom is 0.190 e. The number of aliphatic hydroxyl groups excluding tert-OH is 1. The van der Waals surface area contributed by atoms with Crippen LogP contribution >= 0.6 is 0 Å². The molecule has 84 valence electrons. The number of hydrogen-bond donors (Lipinski definition) is 1. The summed E-state index contributed by atoms with van der Waals surface area (Å²) >= 11 is 0. The van der Waals surface area contributed by atoms with Gasteiger partial charge in [0, 0.05) is 4.91 Å². The molecule has 2 heterocycles. The second kappa shape index (κ2) is 3.62. The molecule has 0 radical (unpaired) electrons. The summed E-state index contributed by atoms with van der Waals surface area (Å²) in [5, 5.41) is 13.2. The number of hydrogen-bond acceptors (Lipinski definition) is 5. The normalized spacial score (nSPS) is 42.3. The maximum absolute atomic E-state index is 9.80. The minimum atomic E-state index is -0.817. The molecule has 7 nitrogen and oxygen atoms in total. The summed E-state index contributed by atoms with van der Waals surface area (Å²) in [6.07, 6.45) is -2.44. The van der Waals surface area contributed by atoms with E-state index in [-0.39, 0.29) is 6.54 Å². The molecule has 0 aromatic carbocycles. The first-order valence-electron chi connectivity index (χ1n) is 4.73. The van der Waals surface area contributed by atoms with Crippen molar-refractivity contribution in [3.05, 3.63) is 10.4 Å². The van der Waals surface area contributed by atoms with E-state index in [2.05, 4.69) is 10.0 Å². The fourth-order valence-electron chi connectivity index (χ4n) is 1.83. The Kier molecular flexibility index (Phi) is 2.57. The molecule has 2 saturated heterocycles. The van der Waals surface area contributed by atoms with Crippen molar-refractivity contribution in [1.29, 1.82) is 0 Å². The molecule has 7 heteroatoms. The van der Waals surface area contributed by atoms with Gasteiger partial charge in [0.2, 0.25) is 0 Å². The number of nitrogens with zero attached hydrogens (tertiary/aromatic N) is 3. The first-order valence-corrected chi connectivity index (χ1v) is 4.73. The Morgan fingerprint density at radius 2 is 2.20 bits per heavy atom. The molecule has 0 bridgehead atoms. The van der Waals surface area contributed by atoms with E-state index in [1.807, 2.05) is 0 Å². The molecular weight excluding hydrogens is 202 g/mol. The lowest BCUT2D eigenvalue weighted by Gasteiger charge is -2.21. The molecular formula is C8H13N3O4. The fraction of sp³-hybridized carbons (Fsp3) is 1.00. The van der Waals surface area contributed by atoms with Gasteiger partial charge < -0.3 is 19.3 Å². The fourth-order valence-corrected chi connectivity index (χ4v) is 1.83. The van der Waals surface area contributed by atoms with E-state index in [9.17, 15) is 5.11 Å². The zero-order chi connectivity index (χ0) is 11.1. The molecule has 4 atom stereocenters. The standard InChI is InChI=1S/C8H13N3O4/c1-8(2)14-6-5(12)4(3-10-11-9)13-7(6)15-8/h4-7,12H,3H2,1-2H3/t4-,5+,6-,7-/m0/s1. The molecule has 0 saturated carbocycles. The molecule has 0 amide bonds. The van der Waals surface area contributed by atoms with Crippen LogP contribution in [0.3, 0.4) is 0 Å². The van der Waals surface area contributed by atoms with Crippen LogP contribution in [0.25, 0.3) is 10.4 Å². The highest BCUT2D eigenvalue weighted by atomic mass is 16.8. The third kappa shape index (κ3) is 1.92. The average Bonchev–Trinajstić information content (AvgIpc) is 2.58. The van der Waals surface area contributed by atoms with E-state index in [1.54, 1.807) is 13.8 Å². The first-order chi connectivity index (χ1) is 7.03. The maximum atomic E-state index is 9.80. The van der Waals surface area contributed by atoms with Crippen LogP contribution in [0.1, 0.15) is 13.8 Å². The molecule has 2 aliphatic rings. The first kappa shape index (κ1) is 10.7. The average molecular weight is 215 g/mol. The molecule has 0 aromatic heterocycles. The van der Waals surface area contributed by atoms with Gasteiger partial charge >= 0.3 is 0 Å². The van der Waals surface area contributed by atoms with E-state index in [1.165, 1.54) is 0 Å². The Morgan fingerprint density at radius 1 is 1.47 bits per heavy atom. The van der Waals surface area contributed by atoms with Gasteiger partial charge in [-0.15, -0.1) is 0 Å². The number of ether oxygens (including phenoxy) is 3. The van der Waals surface area contributed by atoms with Crippen LogP contribution in [-0.2, 0) is 14.2 Å². The molecule has 0 unspecified atom stereocenters. The summed E-state index contributed by atoms with van der Waals surface area (Å²) in [6.45, 7) is 3.59. The van der Waals surface area contributed by atoms with Crippen LogP contribution < -0.4 is 0 Å². The Morgan fingerprint density at radius 3 is 2.80 bits per heavy atom. The number of azide groups is 1. The lowest BCUT2D eigenvalue weighted by atomic mass is 10.1. The number of aliphatic hydroxyl groups is 1. The molecule has 15 heavy (non-hydrogen) atoms. The SMILES string of the molecule is CC1(C)O[C@@H]2O[C@@H](CN=[N+]=[N-])[C@@H](O)[C@@H]2O1. The molecule has 2 fully saturated rings. The van der Waals surface area contributed by atoms with Gasteiger partial charge in [0.1, 0.15) is 12.2 Å². The van der Waals surface area contributed by atoms with E-state index in [4.69, 9.17) is 19.7 Å². The lowest BCUT2D eigenvalue weighted by Crippen LogP contribution is -2.35. The Labute approximate surface area is 86.6 Å². The zero-order valence-corrected chi connectivity index (χ0v) is 8.53. The third-order valence-electron chi connectivity index (χ3n) is 2.44. The summed E-state index contributed by atoms with van der Waals surface area (Å²) in [7, 11) is 0. The van der Waals surface area contributed by atoms with Crippen molar-refractivity contribution >= 4 is 0 Å². The predicted molar refractivity (Wildman–Crippen MR) is 48.7 cm³/mol. The Balaban J connectivity index is 2.01. The van der Waals surface area contributed by atoms with Crippen LogP contribution in [0.2, 0.25) is 0 Å². The van der Waals surface area contributed by atoms with Gasteiger partial charge in [-0.05, 0) is 19.4 Å². The van der Waals surface area contributed by atoms with Gasteiger partial charge in [0.25, 0.3) is 0 Å². The highest BCUT2D eigenvalue weighted by Gasteiger charge is 2.53. The van der Waals surface area contributed by atoms with Crippen molar-refractivity contribution in [3.63, 3.8) is 0 Å². The molecule has 0 aromatic rings. The predicted octanol–water partition coefficient (Wildman–Crippen LogP) is 0.534. The quantitative estimate of drug-likeness (QED) is 0.413. The summed E-state index contributed by atoms with van der Waals surface area (Å²) in [4.78, 5) is 2.61. The van der Waals surface area contributed by atoms with Gasteiger partial charge in [-0.1, -0.05) is 5.11 Å². The van der Waals surface area contributed by atoms with Crippen LogP contribution in [-0.4, -0.2) is 42.0 Å². The van der Waals surface area contributed by atoms with E-state index < -0.39 is 30.4 Å². The van der Waals surface area contributed by atoms with Gasteiger partial charge in [-0.2, -0.15) is 0 Å². The van der Waals surface area contributed by atoms with Crippen molar-refractivity contribution in [2.24, 2.45) is 5.11 Å². The zero-order valence-electron chi connectivity index (χ0n) is 8.53. The molecule has 2 rings (SSSR count). The highest BCUT2D eigenvalue weighted by molar-refractivity contribution is 4.93. The van der Waals surface area contributed by atoms with Gasteiger partial charge in [0.15, 0.2) is 12.1 Å². The Bertz CT molecular complexity index is 302. The van der Waals surface area contributed by atoms with E-state index in [0.717, 1.165) is 0 Å². The van der Waals surface area contributed by atoms with Crippen molar-refractivity contribution in [2.45, 2.75) is 44.2 Å². The lowest BCUT2D eigenvalue weighted by molar-refractivity contribution is -0.213. The van der Waals surface area contributed by atoms with Crippen LogP contribution in [0.15, 0.2) is 5.11 Å². The minimum Gasteiger partial charge on any atom is -0.387 e. The number of rotatable bonds is 2. The van der Waals surface area contributed by atoms with Gasteiger partial charge in [-0.25, -0.2) is 0 Å². The summed E-state index contributed by atoms with van der Waals surface area (Å²) < 4.78 is 16.3. The van der Waals surface area contributed by atoms with Crippen molar-refractivity contribution in [3.8, 4) is 0 Å². The van der Waals surface area contributed by atoms with Crippen molar-refractivity contribution < 1.29 is 19.3 Å². The molecule has 1 N–H and O–H groups in total. The smallest absolute Gasteiger partial charge is 0.190 e. The molecule has 0 spiro atoms. The minimum absolute atomic E-state index is 0.0812. The third-order valence-corrected chi connectivity index (χ3v) is 2.44. The van der Waals surface area contributed by atoms with Gasteiger partial charge in [-0.3, -0.25) is 0 Å². The van der Waals surface area contributed by atoms with Crippen LogP contribution in [0, 0.1) is 0 Å². The highest BCUT2D eigenvalue weighted by Crippen LogP contribution is 2.37. The number of fused-ring (bicyclic) bond motifs is 1. The second-order valence-electron chi connectivity index (χ2n) is 4.05. The van der Waals surface area contributed by atoms with E-state index >= 15 is 0 Å². The largest absolute Gasteiger partial charge is 0.387 e. The van der Waals surface area contributed by atoms with Crippen LogP contribution in [0.5, 0.6) is 0 Å². The van der Waals surface area contributed by atoms with Crippen LogP contribution in [0.4, 0.5) is 0 Å². The second-order valence-corrected chi connectivity index (χ2v) is 4.05. The monoisotopic (exact) mass is 215 g/mol. The van der Waals surface area contributed by atoms with Crippen molar-refractivity contribution in [2.75, 3.05) is 6.54 Å². The van der Waals surface area contributed by atoms with Gasteiger partial charge in [0.05, 0.1) is 12.6 Å². The molecule has 0 aliphatic carbocycles. The topological polar surface area (TPSA) is 96.7 Å².